The fourth-order valence-electron chi connectivity index (χ4n) is 4.06. The van der Waals surface area contributed by atoms with Gasteiger partial charge in [-0.3, -0.25) is 0 Å². The molecule has 1 saturated carbocycles. The Morgan fingerprint density at radius 3 is 2.41 bits per heavy atom. The third-order valence-electron chi connectivity index (χ3n) is 5.37. The van der Waals surface area contributed by atoms with Gasteiger partial charge in [0.2, 0.25) is 17.7 Å². The Balaban J connectivity index is 1.27. The van der Waals surface area contributed by atoms with Crippen LogP contribution < -0.4 is 10.2 Å². The lowest BCUT2D eigenvalue weighted by Crippen LogP contribution is -2.66. The average molecular weight is 418 g/mol. The highest BCUT2D eigenvalue weighted by Crippen LogP contribution is 2.57. The van der Waals surface area contributed by atoms with E-state index < -0.39 is 5.92 Å². The van der Waals surface area contributed by atoms with Gasteiger partial charge in [0.25, 0.3) is 0 Å². The van der Waals surface area contributed by atoms with Gasteiger partial charge in [-0.15, -0.1) is 5.10 Å². The van der Waals surface area contributed by atoms with Gasteiger partial charge in [0.15, 0.2) is 0 Å². The van der Waals surface area contributed by atoms with Gasteiger partial charge >= 0.3 is 0 Å². The molecule has 1 aliphatic heterocycles. The molecule has 0 amide bonds. The lowest BCUT2D eigenvalue weighted by atomic mass is 9.61. The number of aryl methyl sites for hydroxylation is 1. The molecule has 1 saturated heterocycles. The Morgan fingerprint density at radius 2 is 1.79 bits per heavy atom. The van der Waals surface area contributed by atoms with Crippen LogP contribution >= 0.6 is 11.6 Å². The molecule has 0 atom stereocenters. The van der Waals surface area contributed by atoms with Crippen molar-refractivity contribution in [1.29, 1.82) is 0 Å². The number of nitrogens with zero attached hydrogens (tertiary/aromatic N) is 6. The average Bonchev–Trinajstić information content (AvgIpc) is 3.00. The van der Waals surface area contributed by atoms with Crippen molar-refractivity contribution in [2.45, 2.75) is 18.8 Å². The first-order chi connectivity index (χ1) is 13.8. The number of hydrogen-bond donors (Lipinski definition) is 1. The van der Waals surface area contributed by atoms with Crippen LogP contribution in [0, 0.1) is 5.41 Å². The molecule has 7 nitrogen and oxygen atoms in total. The Bertz CT molecular complexity index is 1030. The van der Waals surface area contributed by atoms with Crippen molar-refractivity contribution < 1.29 is 8.78 Å². The van der Waals surface area contributed by atoms with Crippen LogP contribution in [0.15, 0.2) is 36.7 Å². The zero-order chi connectivity index (χ0) is 20.2. The second-order valence-corrected chi connectivity index (χ2v) is 8.28. The summed E-state index contributed by atoms with van der Waals surface area (Å²) in [6, 6.07) is 7.28. The molecule has 1 spiro atoms. The molecule has 150 valence electrons. The molecule has 0 unspecified atom stereocenters. The van der Waals surface area contributed by atoms with Crippen LogP contribution in [0.2, 0.25) is 5.02 Å². The van der Waals surface area contributed by atoms with Crippen LogP contribution in [0.1, 0.15) is 12.8 Å². The number of alkyl halides is 2. The molecule has 1 N–H and O–H groups in total. The smallest absolute Gasteiger partial charge is 0.249 e. The van der Waals surface area contributed by atoms with E-state index in [-0.39, 0.29) is 18.3 Å². The summed E-state index contributed by atoms with van der Waals surface area (Å²) in [5.41, 5.74) is 1.14. The van der Waals surface area contributed by atoms with E-state index in [9.17, 15) is 8.78 Å². The molecule has 2 aliphatic rings. The van der Waals surface area contributed by atoms with Crippen LogP contribution in [0.5, 0.6) is 0 Å². The van der Waals surface area contributed by atoms with Crippen LogP contribution in [-0.4, -0.2) is 43.7 Å². The van der Waals surface area contributed by atoms with E-state index in [2.05, 4.69) is 25.4 Å². The second kappa shape index (κ2) is 6.35. The van der Waals surface area contributed by atoms with Crippen LogP contribution in [0.3, 0.4) is 0 Å². The molecular formula is C19H18ClF2N7. The van der Waals surface area contributed by atoms with Crippen molar-refractivity contribution in [2.24, 2.45) is 12.5 Å². The van der Waals surface area contributed by atoms with Crippen molar-refractivity contribution >= 4 is 29.1 Å². The Kier molecular flexibility index (Phi) is 3.99. The SMILES string of the molecule is Cn1nc(-c2cnc(N3CC4(C3)CC(F)(F)C4)cn2)nc1Nc1ccc(Cl)cc1. The lowest BCUT2D eigenvalue weighted by Gasteiger charge is -2.58. The summed E-state index contributed by atoms with van der Waals surface area (Å²) in [5, 5.41) is 8.22. The highest BCUT2D eigenvalue weighted by Gasteiger charge is 2.61. The van der Waals surface area contributed by atoms with E-state index in [0.29, 0.717) is 41.4 Å². The van der Waals surface area contributed by atoms with Crippen molar-refractivity contribution in [3.05, 3.63) is 41.7 Å². The number of benzene rings is 1. The van der Waals surface area contributed by atoms with Crippen LogP contribution in [-0.2, 0) is 7.05 Å². The summed E-state index contributed by atoms with van der Waals surface area (Å²) in [7, 11) is 1.78. The summed E-state index contributed by atoms with van der Waals surface area (Å²) in [6.45, 7) is 1.21. The summed E-state index contributed by atoms with van der Waals surface area (Å²) < 4.78 is 27.9. The van der Waals surface area contributed by atoms with Gasteiger partial charge in [0.05, 0.1) is 12.4 Å². The van der Waals surface area contributed by atoms with Gasteiger partial charge in [0.1, 0.15) is 11.5 Å². The summed E-state index contributed by atoms with van der Waals surface area (Å²) in [5.74, 6) is -0.806. The molecule has 5 rings (SSSR count). The topological polar surface area (TPSA) is 71.8 Å². The molecule has 0 bridgehead atoms. The van der Waals surface area contributed by atoms with Crippen molar-refractivity contribution in [3.8, 4) is 11.5 Å². The largest absolute Gasteiger partial charge is 0.354 e. The first-order valence-electron chi connectivity index (χ1n) is 9.20. The summed E-state index contributed by atoms with van der Waals surface area (Å²) in [4.78, 5) is 15.3. The first-order valence-corrected chi connectivity index (χ1v) is 9.58. The molecule has 2 aromatic heterocycles. The van der Waals surface area contributed by atoms with E-state index >= 15 is 0 Å². The second-order valence-electron chi connectivity index (χ2n) is 7.84. The highest BCUT2D eigenvalue weighted by atomic mass is 35.5. The standard InChI is InChI=1S/C19H18ClF2N7/c1-28-17(25-13-4-2-12(20)3-5-13)26-16(27-28)14-6-24-15(7-23-14)29-10-18(11-29)8-19(21,22)9-18/h2-7H,8-11H2,1H3,(H,25,26,27). The maximum atomic E-state index is 13.1. The van der Waals surface area contributed by atoms with Gasteiger partial charge in [-0.25, -0.2) is 23.4 Å². The quantitative estimate of drug-likeness (QED) is 0.694. The zero-order valence-electron chi connectivity index (χ0n) is 15.6. The number of anilines is 3. The minimum absolute atomic E-state index is 0.0245. The van der Waals surface area contributed by atoms with E-state index in [4.69, 9.17) is 11.6 Å². The third-order valence-corrected chi connectivity index (χ3v) is 5.63. The minimum Gasteiger partial charge on any atom is -0.354 e. The van der Waals surface area contributed by atoms with Crippen molar-refractivity contribution in [3.63, 3.8) is 0 Å². The fourth-order valence-corrected chi connectivity index (χ4v) is 4.18. The number of aromatic nitrogens is 5. The summed E-state index contributed by atoms with van der Waals surface area (Å²) >= 11 is 5.91. The maximum absolute atomic E-state index is 13.1. The molecule has 10 heteroatoms. The molecule has 3 heterocycles. The van der Waals surface area contributed by atoms with E-state index in [1.165, 1.54) is 0 Å². The van der Waals surface area contributed by atoms with Crippen molar-refractivity contribution in [2.75, 3.05) is 23.3 Å². The zero-order valence-corrected chi connectivity index (χ0v) is 16.4. The van der Waals surface area contributed by atoms with E-state index in [1.807, 2.05) is 17.0 Å². The van der Waals surface area contributed by atoms with Crippen molar-refractivity contribution in [1.82, 2.24) is 24.7 Å². The molecule has 29 heavy (non-hydrogen) atoms. The number of rotatable bonds is 4. The monoisotopic (exact) mass is 417 g/mol. The molecule has 0 radical (unpaired) electrons. The normalized spacial score (nSPS) is 19.0. The molecule has 1 aromatic carbocycles. The minimum atomic E-state index is -2.50. The molecular weight excluding hydrogens is 400 g/mol. The Morgan fingerprint density at radius 1 is 1.07 bits per heavy atom. The Hall–Kier alpha value is -2.81. The van der Waals surface area contributed by atoms with Gasteiger partial charge in [-0.05, 0) is 24.3 Å². The number of hydrogen-bond acceptors (Lipinski definition) is 6. The molecule has 1 aliphatic carbocycles. The van der Waals surface area contributed by atoms with E-state index in [0.717, 1.165) is 5.69 Å². The van der Waals surface area contributed by atoms with Gasteiger partial charge in [0, 0.05) is 49.1 Å². The van der Waals surface area contributed by atoms with Gasteiger partial charge in [-0.1, -0.05) is 11.6 Å². The maximum Gasteiger partial charge on any atom is 0.249 e. The Labute approximate surface area is 170 Å². The van der Waals surface area contributed by atoms with Gasteiger partial charge < -0.3 is 10.2 Å². The van der Waals surface area contributed by atoms with Crippen LogP contribution in [0.4, 0.5) is 26.2 Å². The van der Waals surface area contributed by atoms with E-state index in [1.54, 1.807) is 36.3 Å². The first kappa shape index (κ1) is 18.2. The predicted octanol–water partition coefficient (Wildman–Crippen LogP) is 3.90. The van der Waals surface area contributed by atoms with Crippen LogP contribution in [0.25, 0.3) is 11.5 Å². The number of halogens is 3. The lowest BCUT2D eigenvalue weighted by molar-refractivity contribution is -0.170. The predicted molar refractivity (Wildman–Crippen MR) is 106 cm³/mol. The fraction of sp³-hybridized carbons (Fsp3) is 0.368. The van der Waals surface area contributed by atoms with Gasteiger partial charge in [-0.2, -0.15) is 4.98 Å². The molecule has 2 fully saturated rings. The summed E-state index contributed by atoms with van der Waals surface area (Å²) in [6.07, 6.45) is 3.20. The molecule has 3 aromatic rings. The number of nitrogens with one attached hydrogen (secondary N) is 1. The third kappa shape index (κ3) is 3.39. The highest BCUT2D eigenvalue weighted by molar-refractivity contribution is 6.30.